The molecule has 0 bridgehead atoms. The quantitative estimate of drug-likeness (QED) is 0.344. The number of pyridine rings is 1. The Kier molecular flexibility index (Phi) is 7.44. The normalized spacial score (nSPS) is 11.2. The van der Waals surface area contributed by atoms with E-state index in [2.05, 4.69) is 39.5 Å². The second kappa shape index (κ2) is 10.8. The summed E-state index contributed by atoms with van der Waals surface area (Å²) in [6, 6.07) is 11.9. The van der Waals surface area contributed by atoms with E-state index in [1.54, 1.807) is 0 Å². The lowest BCUT2D eigenvalue weighted by Gasteiger charge is -2.09. The molecule has 0 aliphatic rings. The third-order valence-electron chi connectivity index (χ3n) is 5.89. The first kappa shape index (κ1) is 22.6. The summed E-state index contributed by atoms with van der Waals surface area (Å²) in [4.78, 5) is 17.8. The monoisotopic (exact) mass is 445 g/mol. The average molecular weight is 446 g/mol. The van der Waals surface area contributed by atoms with Crippen LogP contribution in [0.15, 0.2) is 53.6 Å². The SMILES string of the molecule is CCCCCn1cc(CCCC)n(Cc2ccc(-c3ccccc3-c3nn[nH]n3)cn2)c1=O. The van der Waals surface area contributed by atoms with Gasteiger partial charge in [-0.1, -0.05) is 63.4 Å². The fourth-order valence-corrected chi connectivity index (χ4v) is 4.05. The van der Waals surface area contributed by atoms with Gasteiger partial charge in [-0.2, -0.15) is 5.21 Å². The molecule has 0 fully saturated rings. The molecule has 33 heavy (non-hydrogen) atoms. The predicted molar refractivity (Wildman–Crippen MR) is 129 cm³/mol. The van der Waals surface area contributed by atoms with Gasteiger partial charge >= 0.3 is 5.69 Å². The van der Waals surface area contributed by atoms with Crippen molar-refractivity contribution in [3.63, 3.8) is 0 Å². The number of hydrogen-bond acceptors (Lipinski definition) is 5. The van der Waals surface area contributed by atoms with Crippen molar-refractivity contribution < 1.29 is 0 Å². The molecule has 0 atom stereocenters. The highest BCUT2D eigenvalue weighted by molar-refractivity contribution is 5.79. The van der Waals surface area contributed by atoms with E-state index in [-0.39, 0.29) is 5.69 Å². The van der Waals surface area contributed by atoms with Crippen LogP contribution in [0.3, 0.4) is 0 Å². The maximum absolute atomic E-state index is 13.1. The molecule has 0 saturated heterocycles. The van der Waals surface area contributed by atoms with Crippen molar-refractivity contribution in [3.8, 4) is 22.5 Å². The van der Waals surface area contributed by atoms with Crippen LogP contribution in [-0.4, -0.2) is 34.7 Å². The van der Waals surface area contributed by atoms with Crippen LogP contribution >= 0.6 is 0 Å². The highest BCUT2D eigenvalue weighted by Crippen LogP contribution is 2.29. The Balaban J connectivity index is 1.58. The standard InChI is InChI=1S/C25H31N7O/c1-3-5-9-15-31-18-21(10-6-4-2)32(25(31)33)17-20-14-13-19(16-26-20)22-11-7-8-12-23(22)24-27-29-30-28-24/h7-8,11-14,16,18H,3-6,9-10,15,17H2,1-2H3,(H,27,28,29,30). The maximum Gasteiger partial charge on any atom is 0.328 e. The minimum absolute atomic E-state index is 0.0607. The number of aromatic amines is 1. The molecule has 0 saturated carbocycles. The number of benzene rings is 1. The second-order valence-corrected chi connectivity index (χ2v) is 8.31. The van der Waals surface area contributed by atoms with Gasteiger partial charge in [0.1, 0.15) is 0 Å². The number of unbranched alkanes of at least 4 members (excludes halogenated alkanes) is 3. The lowest BCUT2D eigenvalue weighted by molar-refractivity contribution is 0.571. The number of nitrogens with zero attached hydrogens (tertiary/aromatic N) is 6. The van der Waals surface area contributed by atoms with Gasteiger partial charge in [-0.25, -0.2) is 4.79 Å². The van der Waals surface area contributed by atoms with E-state index < -0.39 is 0 Å². The summed E-state index contributed by atoms with van der Waals surface area (Å²) < 4.78 is 3.76. The minimum Gasteiger partial charge on any atom is -0.299 e. The zero-order chi connectivity index (χ0) is 23.0. The molecule has 0 amide bonds. The third kappa shape index (κ3) is 5.27. The van der Waals surface area contributed by atoms with Gasteiger partial charge in [-0.3, -0.25) is 14.1 Å². The maximum atomic E-state index is 13.1. The summed E-state index contributed by atoms with van der Waals surface area (Å²) >= 11 is 0. The van der Waals surface area contributed by atoms with Crippen LogP contribution in [0.4, 0.5) is 0 Å². The number of imidazole rings is 1. The van der Waals surface area contributed by atoms with E-state index >= 15 is 0 Å². The Morgan fingerprint density at radius 2 is 1.79 bits per heavy atom. The number of H-pyrrole nitrogens is 1. The van der Waals surface area contributed by atoms with Crippen LogP contribution in [0, 0.1) is 0 Å². The number of nitrogens with one attached hydrogen (secondary N) is 1. The van der Waals surface area contributed by atoms with Gasteiger partial charge in [0.05, 0.1) is 12.2 Å². The smallest absolute Gasteiger partial charge is 0.299 e. The van der Waals surface area contributed by atoms with E-state index in [9.17, 15) is 4.79 Å². The van der Waals surface area contributed by atoms with E-state index in [0.717, 1.165) is 73.1 Å². The van der Waals surface area contributed by atoms with Crippen LogP contribution in [0.25, 0.3) is 22.5 Å². The van der Waals surface area contributed by atoms with Crippen LogP contribution in [-0.2, 0) is 19.5 Å². The Labute approximate surface area is 193 Å². The molecule has 4 aromatic rings. The molecule has 172 valence electrons. The second-order valence-electron chi connectivity index (χ2n) is 8.31. The molecule has 3 aromatic heterocycles. The van der Waals surface area contributed by atoms with Crippen LogP contribution in [0.2, 0.25) is 0 Å². The topological polar surface area (TPSA) is 94.3 Å². The molecule has 3 heterocycles. The van der Waals surface area contributed by atoms with E-state index in [1.807, 2.05) is 57.9 Å². The van der Waals surface area contributed by atoms with Gasteiger partial charge in [0.15, 0.2) is 0 Å². The van der Waals surface area contributed by atoms with Gasteiger partial charge in [0.2, 0.25) is 5.82 Å². The zero-order valence-electron chi connectivity index (χ0n) is 19.4. The number of tetrazole rings is 1. The summed E-state index contributed by atoms with van der Waals surface area (Å²) in [7, 11) is 0. The molecular weight excluding hydrogens is 414 g/mol. The fourth-order valence-electron chi connectivity index (χ4n) is 4.05. The van der Waals surface area contributed by atoms with Gasteiger partial charge < -0.3 is 0 Å². The van der Waals surface area contributed by atoms with Crippen molar-refractivity contribution in [1.82, 2.24) is 34.7 Å². The van der Waals surface area contributed by atoms with Gasteiger partial charge in [0.25, 0.3) is 0 Å². The molecule has 0 aliphatic heterocycles. The van der Waals surface area contributed by atoms with Crippen molar-refractivity contribution in [2.45, 2.75) is 65.5 Å². The molecule has 1 N–H and O–H groups in total. The third-order valence-corrected chi connectivity index (χ3v) is 5.89. The Morgan fingerprint density at radius 3 is 2.48 bits per heavy atom. The molecule has 0 spiro atoms. The molecule has 0 radical (unpaired) electrons. The Hall–Kier alpha value is -3.55. The van der Waals surface area contributed by atoms with Crippen LogP contribution in [0.1, 0.15) is 57.3 Å². The summed E-state index contributed by atoms with van der Waals surface area (Å²) in [5.41, 5.74) is 4.86. The summed E-state index contributed by atoms with van der Waals surface area (Å²) in [6.45, 7) is 5.60. The van der Waals surface area contributed by atoms with Crippen molar-refractivity contribution >= 4 is 0 Å². The first-order valence-electron chi connectivity index (χ1n) is 11.8. The molecule has 8 heteroatoms. The zero-order valence-corrected chi connectivity index (χ0v) is 19.4. The van der Waals surface area contributed by atoms with Crippen molar-refractivity contribution in [2.75, 3.05) is 0 Å². The fraction of sp³-hybridized carbons (Fsp3) is 0.400. The summed E-state index contributed by atoms with van der Waals surface area (Å²) in [6.07, 6.45) is 10.3. The van der Waals surface area contributed by atoms with E-state index in [0.29, 0.717) is 12.4 Å². The molecular formula is C25H31N7O. The lowest BCUT2D eigenvalue weighted by Crippen LogP contribution is -2.26. The first-order valence-corrected chi connectivity index (χ1v) is 11.8. The molecule has 0 aliphatic carbocycles. The lowest BCUT2D eigenvalue weighted by atomic mass is 10.0. The number of aromatic nitrogens is 7. The molecule has 0 unspecified atom stereocenters. The minimum atomic E-state index is 0.0607. The Morgan fingerprint density at radius 1 is 0.970 bits per heavy atom. The van der Waals surface area contributed by atoms with Crippen LogP contribution in [0.5, 0.6) is 0 Å². The number of hydrogen-bond donors (Lipinski definition) is 1. The molecule has 4 rings (SSSR count). The Bertz CT molecular complexity index is 1210. The van der Waals surface area contributed by atoms with E-state index in [1.165, 1.54) is 0 Å². The first-order chi connectivity index (χ1) is 16.2. The van der Waals surface area contributed by atoms with Crippen LogP contribution < -0.4 is 5.69 Å². The highest BCUT2D eigenvalue weighted by Gasteiger charge is 2.14. The molecule has 1 aromatic carbocycles. The summed E-state index contributed by atoms with van der Waals surface area (Å²) in [5, 5.41) is 14.4. The predicted octanol–water partition coefficient (Wildman–Crippen LogP) is 4.47. The van der Waals surface area contributed by atoms with Gasteiger partial charge in [-0.05, 0) is 36.1 Å². The van der Waals surface area contributed by atoms with Crippen molar-refractivity contribution in [3.05, 3.63) is 70.7 Å². The van der Waals surface area contributed by atoms with E-state index in [4.69, 9.17) is 0 Å². The largest absolute Gasteiger partial charge is 0.328 e. The highest BCUT2D eigenvalue weighted by atomic mass is 16.1. The number of aryl methyl sites for hydroxylation is 2. The van der Waals surface area contributed by atoms with Crippen molar-refractivity contribution in [2.24, 2.45) is 0 Å². The van der Waals surface area contributed by atoms with Gasteiger partial charge in [0, 0.05) is 35.8 Å². The number of rotatable bonds is 11. The summed E-state index contributed by atoms with van der Waals surface area (Å²) in [5.74, 6) is 0.547. The average Bonchev–Trinajstić information content (AvgIpc) is 3.48. The molecule has 8 nitrogen and oxygen atoms in total. The van der Waals surface area contributed by atoms with Crippen molar-refractivity contribution in [1.29, 1.82) is 0 Å². The van der Waals surface area contributed by atoms with Gasteiger partial charge in [-0.15, -0.1) is 10.2 Å².